The first-order chi connectivity index (χ1) is 9.58. The molecule has 0 aromatic heterocycles. The van der Waals surface area contributed by atoms with Crippen LogP contribution in [0.2, 0.25) is 0 Å². The lowest BCUT2D eigenvalue weighted by Crippen LogP contribution is -2.29. The van der Waals surface area contributed by atoms with Crippen LogP contribution < -0.4 is 15.4 Å². The normalized spacial score (nSPS) is 12.0. The van der Waals surface area contributed by atoms with E-state index in [1.54, 1.807) is 6.07 Å². The standard InChI is InChI=1S/C15H23FN2O2/c1-4-8-18-11(3)13-9-12(16)6-7-14(13)20-10-15(19)17-5-2/h6-7,9,11,18H,4-5,8,10H2,1-3H3,(H,17,19). The third-order valence-electron chi connectivity index (χ3n) is 2.87. The van der Waals surface area contributed by atoms with Crippen molar-refractivity contribution in [1.82, 2.24) is 10.6 Å². The Bertz CT molecular complexity index is 438. The Morgan fingerprint density at radius 3 is 2.80 bits per heavy atom. The average Bonchev–Trinajstić information content (AvgIpc) is 2.43. The van der Waals surface area contributed by atoms with E-state index in [1.807, 2.05) is 13.8 Å². The zero-order valence-electron chi connectivity index (χ0n) is 12.3. The van der Waals surface area contributed by atoms with E-state index in [4.69, 9.17) is 4.74 Å². The quantitative estimate of drug-likeness (QED) is 0.770. The maximum atomic E-state index is 13.4. The van der Waals surface area contributed by atoms with Gasteiger partial charge in [-0.2, -0.15) is 0 Å². The van der Waals surface area contributed by atoms with Gasteiger partial charge in [-0.25, -0.2) is 4.39 Å². The fourth-order valence-electron chi connectivity index (χ4n) is 1.85. The Hall–Kier alpha value is -1.62. The third-order valence-corrected chi connectivity index (χ3v) is 2.87. The Kier molecular flexibility index (Phi) is 7.01. The lowest BCUT2D eigenvalue weighted by molar-refractivity contribution is -0.123. The van der Waals surface area contributed by atoms with Crippen LogP contribution in [-0.4, -0.2) is 25.6 Å². The van der Waals surface area contributed by atoms with Gasteiger partial charge in [0, 0.05) is 18.2 Å². The Morgan fingerprint density at radius 1 is 1.40 bits per heavy atom. The molecule has 1 rings (SSSR count). The zero-order valence-corrected chi connectivity index (χ0v) is 12.3. The van der Waals surface area contributed by atoms with Gasteiger partial charge in [0.15, 0.2) is 6.61 Å². The third kappa shape index (κ3) is 5.17. The summed E-state index contributed by atoms with van der Waals surface area (Å²) < 4.78 is 18.9. The molecule has 1 atom stereocenters. The SMILES string of the molecule is CCCNC(C)c1cc(F)ccc1OCC(=O)NCC. The first kappa shape index (κ1) is 16.4. The minimum absolute atomic E-state index is 0.0325. The molecule has 4 nitrogen and oxygen atoms in total. The number of likely N-dealkylation sites (N-methyl/N-ethyl adjacent to an activating group) is 1. The molecule has 0 bridgehead atoms. The van der Waals surface area contributed by atoms with Crippen molar-refractivity contribution in [2.24, 2.45) is 0 Å². The smallest absolute Gasteiger partial charge is 0.257 e. The number of halogens is 1. The van der Waals surface area contributed by atoms with Crippen LogP contribution in [0.1, 0.15) is 38.8 Å². The monoisotopic (exact) mass is 282 g/mol. The number of nitrogens with one attached hydrogen (secondary N) is 2. The van der Waals surface area contributed by atoms with Gasteiger partial charge < -0.3 is 15.4 Å². The summed E-state index contributed by atoms with van der Waals surface area (Å²) in [5, 5.41) is 5.94. The van der Waals surface area contributed by atoms with E-state index < -0.39 is 0 Å². The molecule has 0 aliphatic heterocycles. The molecule has 112 valence electrons. The van der Waals surface area contributed by atoms with E-state index in [1.165, 1.54) is 12.1 Å². The summed E-state index contributed by atoms with van der Waals surface area (Å²) in [6, 6.07) is 4.31. The second kappa shape index (κ2) is 8.53. The Labute approximate surface area is 119 Å². The molecule has 0 saturated heterocycles. The van der Waals surface area contributed by atoms with Crippen LogP contribution in [0.15, 0.2) is 18.2 Å². The number of carbonyl (C=O) groups is 1. The highest BCUT2D eigenvalue weighted by Crippen LogP contribution is 2.26. The minimum Gasteiger partial charge on any atom is -0.483 e. The van der Waals surface area contributed by atoms with Gasteiger partial charge in [0.05, 0.1) is 0 Å². The maximum Gasteiger partial charge on any atom is 0.257 e. The molecule has 5 heteroatoms. The van der Waals surface area contributed by atoms with Gasteiger partial charge in [-0.3, -0.25) is 4.79 Å². The lowest BCUT2D eigenvalue weighted by atomic mass is 10.1. The number of benzene rings is 1. The van der Waals surface area contributed by atoms with Crippen molar-refractivity contribution in [2.75, 3.05) is 19.7 Å². The topological polar surface area (TPSA) is 50.4 Å². The lowest BCUT2D eigenvalue weighted by Gasteiger charge is -2.18. The summed E-state index contributed by atoms with van der Waals surface area (Å²) in [4.78, 5) is 11.4. The molecule has 0 aliphatic rings. The number of amides is 1. The van der Waals surface area contributed by atoms with Crippen molar-refractivity contribution >= 4 is 5.91 Å². The van der Waals surface area contributed by atoms with Crippen LogP contribution in [-0.2, 0) is 4.79 Å². The summed E-state index contributed by atoms with van der Waals surface area (Å²) in [5.41, 5.74) is 0.725. The Morgan fingerprint density at radius 2 is 2.15 bits per heavy atom. The maximum absolute atomic E-state index is 13.4. The van der Waals surface area contributed by atoms with Gasteiger partial charge >= 0.3 is 0 Å². The van der Waals surface area contributed by atoms with Gasteiger partial charge in [0.2, 0.25) is 0 Å². The largest absolute Gasteiger partial charge is 0.483 e. The van der Waals surface area contributed by atoms with Crippen LogP contribution in [0.4, 0.5) is 4.39 Å². The molecule has 20 heavy (non-hydrogen) atoms. The summed E-state index contributed by atoms with van der Waals surface area (Å²) in [5.74, 6) is 0.0428. The second-order valence-corrected chi connectivity index (χ2v) is 4.60. The summed E-state index contributed by atoms with van der Waals surface area (Å²) in [6.45, 7) is 7.20. The summed E-state index contributed by atoms with van der Waals surface area (Å²) >= 11 is 0. The highest BCUT2D eigenvalue weighted by molar-refractivity contribution is 5.77. The van der Waals surface area contributed by atoms with E-state index in [0.29, 0.717) is 12.3 Å². The first-order valence-electron chi connectivity index (χ1n) is 7.00. The highest BCUT2D eigenvalue weighted by atomic mass is 19.1. The molecule has 0 fully saturated rings. The van der Waals surface area contributed by atoms with Crippen LogP contribution in [0.5, 0.6) is 5.75 Å². The molecule has 2 N–H and O–H groups in total. The fourth-order valence-corrected chi connectivity index (χ4v) is 1.85. The second-order valence-electron chi connectivity index (χ2n) is 4.60. The number of hydrogen-bond donors (Lipinski definition) is 2. The predicted molar refractivity (Wildman–Crippen MR) is 77.3 cm³/mol. The number of carbonyl (C=O) groups excluding carboxylic acids is 1. The molecule has 0 radical (unpaired) electrons. The van der Waals surface area contributed by atoms with Gasteiger partial charge in [0.25, 0.3) is 5.91 Å². The van der Waals surface area contributed by atoms with Crippen LogP contribution in [0.3, 0.4) is 0 Å². The van der Waals surface area contributed by atoms with Crippen LogP contribution in [0.25, 0.3) is 0 Å². The Balaban J connectivity index is 2.76. The number of rotatable bonds is 8. The van der Waals surface area contributed by atoms with Gasteiger partial charge in [0.1, 0.15) is 11.6 Å². The minimum atomic E-state index is -0.310. The van der Waals surface area contributed by atoms with Crippen molar-refractivity contribution < 1.29 is 13.9 Å². The summed E-state index contributed by atoms with van der Waals surface area (Å²) in [7, 11) is 0. The molecule has 0 heterocycles. The van der Waals surface area contributed by atoms with Crippen LogP contribution in [0, 0.1) is 5.82 Å². The van der Waals surface area contributed by atoms with Crippen molar-refractivity contribution in [1.29, 1.82) is 0 Å². The molecule has 1 aromatic carbocycles. The molecule has 1 amide bonds. The van der Waals surface area contributed by atoms with Crippen molar-refractivity contribution in [2.45, 2.75) is 33.2 Å². The first-order valence-corrected chi connectivity index (χ1v) is 7.00. The van der Waals surface area contributed by atoms with Crippen molar-refractivity contribution in [3.8, 4) is 5.75 Å². The predicted octanol–water partition coefficient (Wildman–Crippen LogP) is 2.40. The summed E-state index contributed by atoms with van der Waals surface area (Å²) in [6.07, 6.45) is 0.995. The molecular weight excluding hydrogens is 259 g/mol. The molecular formula is C15H23FN2O2. The van der Waals surface area contributed by atoms with E-state index in [2.05, 4.69) is 17.6 Å². The van der Waals surface area contributed by atoms with E-state index in [0.717, 1.165) is 18.5 Å². The number of ether oxygens (including phenoxy) is 1. The van der Waals surface area contributed by atoms with Crippen LogP contribution >= 0.6 is 0 Å². The van der Waals surface area contributed by atoms with Crippen molar-refractivity contribution in [3.63, 3.8) is 0 Å². The van der Waals surface area contributed by atoms with Gasteiger partial charge in [-0.05, 0) is 45.0 Å². The van der Waals surface area contributed by atoms with Gasteiger partial charge in [-0.1, -0.05) is 6.92 Å². The molecule has 1 unspecified atom stereocenters. The van der Waals surface area contributed by atoms with E-state index in [9.17, 15) is 9.18 Å². The molecule has 1 aromatic rings. The highest BCUT2D eigenvalue weighted by Gasteiger charge is 2.13. The molecule has 0 spiro atoms. The molecule has 0 aliphatic carbocycles. The van der Waals surface area contributed by atoms with Crippen molar-refractivity contribution in [3.05, 3.63) is 29.6 Å². The fraction of sp³-hybridized carbons (Fsp3) is 0.533. The zero-order chi connectivity index (χ0) is 15.0. The number of hydrogen-bond acceptors (Lipinski definition) is 3. The van der Waals surface area contributed by atoms with E-state index in [-0.39, 0.29) is 24.4 Å². The van der Waals surface area contributed by atoms with E-state index >= 15 is 0 Å². The average molecular weight is 282 g/mol. The van der Waals surface area contributed by atoms with Gasteiger partial charge in [-0.15, -0.1) is 0 Å². The molecule has 0 saturated carbocycles.